The van der Waals surface area contributed by atoms with E-state index in [0.717, 1.165) is 0 Å². The van der Waals surface area contributed by atoms with Crippen LogP contribution in [0.25, 0.3) is 0 Å². The number of phenols is 1. The minimum Gasteiger partial charge on any atom is -0.502 e. The van der Waals surface area contributed by atoms with Crippen LogP contribution < -0.4 is 14.3 Å². The molecule has 2 rings (SSSR count). The molecule has 0 saturated heterocycles. The lowest BCUT2D eigenvalue weighted by molar-refractivity contribution is 0.340. The molecule has 0 amide bonds. The van der Waals surface area contributed by atoms with Gasteiger partial charge in [-0.05, 0) is 30.3 Å². The summed E-state index contributed by atoms with van der Waals surface area (Å²) in [5.41, 5.74) is 0.436. The third-order valence-electron chi connectivity index (χ3n) is 3.07. The number of methoxy groups -OCH3 is 2. The van der Waals surface area contributed by atoms with Crippen LogP contribution in [0.5, 0.6) is 17.2 Å². The second-order valence-electron chi connectivity index (χ2n) is 4.70. The van der Waals surface area contributed by atoms with Crippen LogP contribution in [0.2, 0.25) is 10.0 Å². The average molecular weight is 405 g/mol. The van der Waals surface area contributed by atoms with Gasteiger partial charge in [-0.25, -0.2) is 4.83 Å². The number of hydrazone groups is 1. The highest BCUT2D eigenvalue weighted by atomic mass is 35.5. The standard InChI is InChI=1S/C15H14Cl2N2O5S/c1-23-12-5-9(6-13(24-2)15(12)20)8-18-19-25(21,22)14-7-10(16)3-4-11(14)17/h3-8,19-20H,1-2H3/b18-8-. The van der Waals surface area contributed by atoms with Crippen LogP contribution in [-0.4, -0.2) is 34.0 Å². The molecule has 0 radical (unpaired) electrons. The van der Waals surface area contributed by atoms with E-state index in [1.54, 1.807) is 0 Å². The van der Waals surface area contributed by atoms with Crippen molar-refractivity contribution in [3.05, 3.63) is 45.9 Å². The molecule has 0 aliphatic carbocycles. The lowest BCUT2D eigenvalue weighted by atomic mass is 10.2. The highest BCUT2D eigenvalue weighted by Gasteiger charge is 2.17. The number of hydrogen-bond donors (Lipinski definition) is 2. The van der Waals surface area contributed by atoms with E-state index in [1.165, 1.54) is 50.8 Å². The smallest absolute Gasteiger partial charge is 0.278 e. The number of sulfonamides is 1. The summed E-state index contributed by atoms with van der Waals surface area (Å²) in [7, 11) is -1.25. The highest BCUT2D eigenvalue weighted by Crippen LogP contribution is 2.36. The molecular weight excluding hydrogens is 391 g/mol. The Morgan fingerprint density at radius 2 is 1.72 bits per heavy atom. The Bertz CT molecular complexity index is 891. The third-order valence-corrected chi connectivity index (χ3v) is 5.01. The first-order valence-electron chi connectivity index (χ1n) is 6.73. The number of nitrogens with zero attached hydrogens (tertiary/aromatic N) is 1. The van der Waals surface area contributed by atoms with Gasteiger partial charge in [-0.2, -0.15) is 13.5 Å². The van der Waals surface area contributed by atoms with Crippen molar-refractivity contribution in [3.63, 3.8) is 0 Å². The Morgan fingerprint density at radius 3 is 2.28 bits per heavy atom. The minimum absolute atomic E-state index is 0.0140. The van der Waals surface area contributed by atoms with Crippen LogP contribution in [0.1, 0.15) is 5.56 Å². The van der Waals surface area contributed by atoms with Crippen molar-refractivity contribution in [1.82, 2.24) is 4.83 Å². The zero-order valence-electron chi connectivity index (χ0n) is 13.2. The van der Waals surface area contributed by atoms with Crippen LogP contribution in [0, 0.1) is 0 Å². The highest BCUT2D eigenvalue weighted by molar-refractivity contribution is 7.89. The summed E-state index contributed by atoms with van der Waals surface area (Å²) in [5.74, 6) is 0.136. The molecule has 134 valence electrons. The molecule has 0 spiro atoms. The van der Waals surface area contributed by atoms with E-state index in [1.807, 2.05) is 4.83 Å². The summed E-state index contributed by atoms with van der Waals surface area (Å²) in [4.78, 5) is 1.84. The molecule has 0 aliphatic rings. The maximum Gasteiger partial charge on any atom is 0.278 e. The summed E-state index contributed by atoms with van der Waals surface area (Å²) >= 11 is 11.7. The number of ether oxygens (including phenoxy) is 2. The second kappa shape index (κ2) is 7.81. The van der Waals surface area contributed by atoms with Crippen LogP contribution in [0.3, 0.4) is 0 Å². The normalized spacial score (nSPS) is 11.5. The molecule has 0 saturated carbocycles. The molecule has 0 aliphatic heterocycles. The van der Waals surface area contributed by atoms with Gasteiger partial charge in [0.2, 0.25) is 5.75 Å². The zero-order chi connectivity index (χ0) is 18.6. The molecule has 0 atom stereocenters. The quantitative estimate of drug-likeness (QED) is 0.569. The topological polar surface area (TPSA) is 97.2 Å². The van der Waals surface area contributed by atoms with Crippen LogP contribution in [-0.2, 0) is 10.0 Å². The predicted molar refractivity (Wildman–Crippen MR) is 95.6 cm³/mol. The molecular formula is C15H14Cl2N2O5S. The Balaban J connectivity index is 2.27. The Kier molecular flexibility index (Phi) is 5.99. The largest absolute Gasteiger partial charge is 0.502 e. The molecule has 25 heavy (non-hydrogen) atoms. The monoisotopic (exact) mass is 404 g/mol. The fraction of sp³-hybridized carbons (Fsp3) is 0.133. The zero-order valence-corrected chi connectivity index (χ0v) is 15.5. The van der Waals surface area contributed by atoms with E-state index in [2.05, 4.69) is 5.10 Å². The van der Waals surface area contributed by atoms with Crippen LogP contribution >= 0.6 is 23.2 Å². The summed E-state index contributed by atoms with van der Waals surface area (Å²) in [6.45, 7) is 0. The van der Waals surface area contributed by atoms with E-state index in [4.69, 9.17) is 32.7 Å². The molecule has 10 heteroatoms. The first-order chi connectivity index (χ1) is 11.8. The van der Waals surface area contributed by atoms with Crippen molar-refractivity contribution in [3.8, 4) is 17.2 Å². The first-order valence-corrected chi connectivity index (χ1v) is 8.97. The Morgan fingerprint density at radius 1 is 1.12 bits per heavy atom. The number of halogens is 2. The number of aromatic hydroxyl groups is 1. The number of benzene rings is 2. The molecule has 0 fully saturated rings. The molecule has 2 aromatic carbocycles. The lowest BCUT2D eigenvalue weighted by Gasteiger charge is -2.09. The third kappa shape index (κ3) is 4.47. The van der Waals surface area contributed by atoms with E-state index in [-0.39, 0.29) is 32.2 Å². The van der Waals surface area contributed by atoms with Gasteiger partial charge >= 0.3 is 0 Å². The maximum absolute atomic E-state index is 12.2. The van der Waals surface area contributed by atoms with Crippen LogP contribution in [0.4, 0.5) is 0 Å². The van der Waals surface area contributed by atoms with Gasteiger partial charge in [0.05, 0.1) is 25.5 Å². The van der Waals surface area contributed by atoms with Gasteiger partial charge in [-0.1, -0.05) is 23.2 Å². The predicted octanol–water partition coefficient (Wildman–Crippen LogP) is 3.03. The minimum atomic E-state index is -4.00. The van der Waals surface area contributed by atoms with Gasteiger partial charge in [0, 0.05) is 10.6 Å². The van der Waals surface area contributed by atoms with Crippen molar-refractivity contribution >= 4 is 39.4 Å². The lowest BCUT2D eigenvalue weighted by Crippen LogP contribution is -2.18. The molecule has 2 aromatic rings. The van der Waals surface area contributed by atoms with Gasteiger partial charge in [-0.3, -0.25) is 0 Å². The van der Waals surface area contributed by atoms with Gasteiger partial charge < -0.3 is 14.6 Å². The van der Waals surface area contributed by atoms with Gasteiger partial charge in [0.15, 0.2) is 11.5 Å². The Labute approximate surface area is 154 Å². The van der Waals surface area contributed by atoms with E-state index in [0.29, 0.717) is 5.56 Å². The van der Waals surface area contributed by atoms with E-state index >= 15 is 0 Å². The van der Waals surface area contributed by atoms with Crippen molar-refractivity contribution in [1.29, 1.82) is 0 Å². The van der Waals surface area contributed by atoms with Gasteiger partial charge in [0.25, 0.3) is 10.0 Å². The molecule has 7 nitrogen and oxygen atoms in total. The maximum atomic E-state index is 12.2. The molecule has 0 unspecified atom stereocenters. The number of rotatable bonds is 6. The SMILES string of the molecule is COc1cc(/C=N\NS(=O)(=O)c2cc(Cl)ccc2Cl)cc(OC)c1O. The van der Waals surface area contributed by atoms with Crippen molar-refractivity contribution in [2.45, 2.75) is 4.90 Å². The Hall–Kier alpha value is -2.16. The first kappa shape index (κ1) is 19.2. The summed E-state index contributed by atoms with van der Waals surface area (Å²) < 4.78 is 34.5. The van der Waals surface area contributed by atoms with Crippen molar-refractivity contribution in [2.75, 3.05) is 14.2 Å². The molecule has 0 aromatic heterocycles. The number of phenolic OH excluding ortho intramolecular Hbond substituents is 1. The van der Waals surface area contributed by atoms with E-state index < -0.39 is 10.0 Å². The summed E-state index contributed by atoms with van der Waals surface area (Å²) in [6.07, 6.45) is 1.22. The van der Waals surface area contributed by atoms with E-state index in [9.17, 15) is 13.5 Å². The number of hydrogen-bond acceptors (Lipinski definition) is 6. The average Bonchev–Trinajstić information content (AvgIpc) is 2.57. The fourth-order valence-corrected chi connectivity index (χ4v) is 3.45. The molecule has 0 heterocycles. The van der Waals surface area contributed by atoms with Gasteiger partial charge in [-0.15, -0.1) is 0 Å². The number of nitrogens with one attached hydrogen (secondary N) is 1. The van der Waals surface area contributed by atoms with Gasteiger partial charge in [0.1, 0.15) is 4.90 Å². The molecule has 0 bridgehead atoms. The van der Waals surface area contributed by atoms with Crippen LogP contribution in [0.15, 0.2) is 40.3 Å². The fourth-order valence-electron chi connectivity index (χ4n) is 1.89. The van der Waals surface area contributed by atoms with Crippen molar-refractivity contribution < 1.29 is 23.0 Å². The molecule has 2 N–H and O–H groups in total. The summed E-state index contributed by atoms with van der Waals surface area (Å²) in [6, 6.07) is 6.98. The summed E-state index contributed by atoms with van der Waals surface area (Å²) in [5, 5.41) is 13.8. The second-order valence-corrected chi connectivity index (χ2v) is 7.17. The van der Waals surface area contributed by atoms with Crippen molar-refractivity contribution in [2.24, 2.45) is 5.10 Å².